The van der Waals surface area contributed by atoms with Gasteiger partial charge in [-0.3, -0.25) is 14.2 Å². The Morgan fingerprint density at radius 3 is 2.47 bits per heavy atom. The third-order valence-electron chi connectivity index (χ3n) is 4.70. The lowest BCUT2D eigenvalue weighted by Gasteiger charge is -2.08. The zero-order valence-electron chi connectivity index (χ0n) is 16.2. The smallest absolute Gasteiger partial charge is 0.283 e. The molecule has 0 aliphatic carbocycles. The number of amides is 1. The van der Waals surface area contributed by atoms with Gasteiger partial charge in [-0.2, -0.15) is 0 Å². The molecule has 1 amide bonds. The third-order valence-corrected chi connectivity index (χ3v) is 4.70. The first-order chi connectivity index (χ1) is 14.5. The van der Waals surface area contributed by atoms with Crippen LogP contribution in [0.4, 0.5) is 10.1 Å². The summed E-state index contributed by atoms with van der Waals surface area (Å²) in [6, 6.07) is 13.5. The molecule has 0 bridgehead atoms. The highest BCUT2D eigenvalue weighted by molar-refractivity contribution is 5.90. The van der Waals surface area contributed by atoms with Crippen molar-refractivity contribution in [1.29, 1.82) is 0 Å². The molecule has 152 valence electrons. The van der Waals surface area contributed by atoms with Crippen molar-refractivity contribution in [2.24, 2.45) is 0 Å². The zero-order chi connectivity index (χ0) is 21.1. The van der Waals surface area contributed by atoms with Gasteiger partial charge in [0.05, 0.1) is 6.54 Å². The molecule has 2 aromatic carbocycles. The van der Waals surface area contributed by atoms with E-state index in [9.17, 15) is 14.0 Å². The van der Waals surface area contributed by atoms with Crippen LogP contribution in [0.5, 0.6) is 0 Å². The van der Waals surface area contributed by atoms with Gasteiger partial charge in [0.25, 0.3) is 5.56 Å². The highest BCUT2D eigenvalue weighted by atomic mass is 19.1. The van der Waals surface area contributed by atoms with Crippen molar-refractivity contribution in [2.45, 2.75) is 26.4 Å². The molecule has 0 spiro atoms. The average molecular weight is 406 g/mol. The molecule has 0 fully saturated rings. The van der Waals surface area contributed by atoms with Gasteiger partial charge in [0, 0.05) is 5.69 Å². The Hall–Kier alpha value is -3.88. The fourth-order valence-corrected chi connectivity index (χ4v) is 3.05. The minimum atomic E-state index is -0.457. The van der Waals surface area contributed by atoms with Crippen molar-refractivity contribution in [3.63, 3.8) is 0 Å². The van der Waals surface area contributed by atoms with Crippen LogP contribution in [0.25, 0.3) is 11.2 Å². The van der Waals surface area contributed by atoms with Crippen molar-refractivity contribution in [3.8, 4) is 0 Å². The molecule has 0 atom stereocenters. The van der Waals surface area contributed by atoms with Crippen molar-refractivity contribution in [2.75, 3.05) is 5.32 Å². The van der Waals surface area contributed by atoms with E-state index < -0.39 is 5.56 Å². The molecule has 0 unspecified atom stereocenters. The van der Waals surface area contributed by atoms with Gasteiger partial charge in [0.15, 0.2) is 11.2 Å². The van der Waals surface area contributed by atoms with Crippen LogP contribution in [0, 0.1) is 5.82 Å². The van der Waals surface area contributed by atoms with Gasteiger partial charge in [-0.25, -0.2) is 14.1 Å². The second-order valence-electron chi connectivity index (χ2n) is 6.82. The van der Waals surface area contributed by atoms with Gasteiger partial charge < -0.3 is 5.32 Å². The molecule has 0 saturated carbocycles. The van der Waals surface area contributed by atoms with Gasteiger partial charge in [-0.15, -0.1) is 5.10 Å². The average Bonchev–Trinajstić information content (AvgIpc) is 3.16. The standard InChI is InChI=1S/C21H19FN6O2/c1-2-14-5-9-17(10-6-14)24-18(29)12-27-13-23-20-19(21(27)30)25-26-28(20)11-15-3-7-16(22)8-4-15/h3-10,13H,2,11-12H2,1H3,(H,24,29). The first kappa shape index (κ1) is 19.4. The Kier molecular flexibility index (Phi) is 5.34. The molecule has 30 heavy (non-hydrogen) atoms. The summed E-state index contributed by atoms with van der Waals surface area (Å²) in [5.41, 5.74) is 2.53. The van der Waals surface area contributed by atoms with Crippen molar-refractivity contribution < 1.29 is 9.18 Å². The monoisotopic (exact) mass is 406 g/mol. The summed E-state index contributed by atoms with van der Waals surface area (Å²) in [6.45, 7) is 2.16. The van der Waals surface area contributed by atoms with E-state index in [1.165, 1.54) is 33.3 Å². The highest BCUT2D eigenvalue weighted by Gasteiger charge is 2.14. The van der Waals surface area contributed by atoms with Crippen LogP contribution < -0.4 is 10.9 Å². The number of aryl methyl sites for hydroxylation is 1. The molecule has 2 heterocycles. The number of nitrogens with zero attached hydrogens (tertiary/aromatic N) is 5. The molecule has 9 heteroatoms. The lowest BCUT2D eigenvalue weighted by atomic mass is 10.1. The van der Waals surface area contributed by atoms with Crippen LogP contribution in [-0.2, 0) is 24.3 Å². The number of rotatable bonds is 6. The molecule has 4 aromatic rings. The molecule has 8 nitrogen and oxygen atoms in total. The van der Waals surface area contributed by atoms with Crippen LogP contribution in [0.3, 0.4) is 0 Å². The maximum absolute atomic E-state index is 13.1. The second-order valence-corrected chi connectivity index (χ2v) is 6.82. The summed E-state index contributed by atoms with van der Waals surface area (Å²) >= 11 is 0. The largest absolute Gasteiger partial charge is 0.325 e. The number of benzene rings is 2. The molecule has 1 N–H and O–H groups in total. The fraction of sp³-hybridized carbons (Fsp3) is 0.190. The number of halogens is 1. The number of hydrogen-bond donors (Lipinski definition) is 1. The molecule has 0 radical (unpaired) electrons. The summed E-state index contributed by atoms with van der Waals surface area (Å²) in [5, 5.41) is 10.7. The van der Waals surface area contributed by atoms with E-state index in [-0.39, 0.29) is 23.8 Å². The zero-order valence-corrected chi connectivity index (χ0v) is 16.2. The van der Waals surface area contributed by atoms with Crippen LogP contribution >= 0.6 is 0 Å². The predicted molar refractivity (Wildman–Crippen MR) is 110 cm³/mol. The summed E-state index contributed by atoms with van der Waals surface area (Å²) in [5.74, 6) is -0.677. The number of carbonyl (C=O) groups excluding carboxylic acids is 1. The van der Waals surface area contributed by atoms with Crippen molar-refractivity contribution in [1.82, 2.24) is 24.5 Å². The van der Waals surface area contributed by atoms with Crippen LogP contribution in [0.1, 0.15) is 18.1 Å². The highest BCUT2D eigenvalue weighted by Crippen LogP contribution is 2.11. The molecule has 0 aliphatic heterocycles. The predicted octanol–water partition coefficient (Wildman–Crippen LogP) is 2.38. The molecular weight excluding hydrogens is 387 g/mol. The summed E-state index contributed by atoms with van der Waals surface area (Å²) in [4.78, 5) is 29.3. The first-order valence-corrected chi connectivity index (χ1v) is 9.45. The minimum absolute atomic E-state index is 0.0692. The van der Waals surface area contributed by atoms with E-state index >= 15 is 0 Å². The van der Waals surface area contributed by atoms with Gasteiger partial charge in [0.1, 0.15) is 18.7 Å². The van der Waals surface area contributed by atoms with E-state index in [0.717, 1.165) is 12.0 Å². The summed E-state index contributed by atoms with van der Waals surface area (Å²) < 4.78 is 15.7. The second kappa shape index (κ2) is 8.24. The lowest BCUT2D eigenvalue weighted by molar-refractivity contribution is -0.116. The van der Waals surface area contributed by atoms with Crippen molar-refractivity contribution in [3.05, 3.63) is 82.2 Å². The number of nitrogens with one attached hydrogen (secondary N) is 1. The summed E-state index contributed by atoms with van der Waals surface area (Å²) in [6.07, 6.45) is 2.21. The SMILES string of the molecule is CCc1ccc(NC(=O)Cn2cnc3c(nnn3Cc3ccc(F)cc3)c2=O)cc1. The van der Waals surface area contributed by atoms with E-state index in [1.54, 1.807) is 12.1 Å². The first-order valence-electron chi connectivity index (χ1n) is 9.45. The number of fused-ring (bicyclic) bond motifs is 1. The summed E-state index contributed by atoms with van der Waals surface area (Å²) in [7, 11) is 0. The van der Waals surface area contributed by atoms with E-state index in [0.29, 0.717) is 17.9 Å². The molecule has 2 aromatic heterocycles. The number of anilines is 1. The van der Waals surface area contributed by atoms with Crippen LogP contribution in [-0.4, -0.2) is 30.5 Å². The Morgan fingerprint density at radius 1 is 1.07 bits per heavy atom. The molecular formula is C21H19FN6O2. The van der Waals surface area contributed by atoms with Crippen LogP contribution in [0.2, 0.25) is 0 Å². The van der Waals surface area contributed by atoms with E-state index in [4.69, 9.17) is 0 Å². The van der Waals surface area contributed by atoms with Gasteiger partial charge in [-0.1, -0.05) is 36.4 Å². The minimum Gasteiger partial charge on any atom is -0.325 e. The van der Waals surface area contributed by atoms with E-state index in [1.807, 2.05) is 24.3 Å². The van der Waals surface area contributed by atoms with Gasteiger partial charge in [0.2, 0.25) is 5.91 Å². The normalized spacial score (nSPS) is 11.0. The van der Waals surface area contributed by atoms with Gasteiger partial charge >= 0.3 is 0 Å². The Bertz CT molecular complexity index is 1250. The lowest BCUT2D eigenvalue weighted by Crippen LogP contribution is -2.28. The number of aromatic nitrogens is 5. The third kappa shape index (κ3) is 4.09. The van der Waals surface area contributed by atoms with Crippen LogP contribution in [0.15, 0.2) is 59.7 Å². The number of hydrogen-bond acceptors (Lipinski definition) is 5. The molecule has 0 aliphatic rings. The molecule has 0 saturated heterocycles. The Labute approximate surface area is 171 Å². The Morgan fingerprint density at radius 2 is 1.77 bits per heavy atom. The maximum atomic E-state index is 13.1. The fourth-order valence-electron chi connectivity index (χ4n) is 3.05. The quantitative estimate of drug-likeness (QED) is 0.531. The number of carbonyl (C=O) groups is 1. The van der Waals surface area contributed by atoms with E-state index in [2.05, 4.69) is 27.5 Å². The Balaban J connectivity index is 1.51. The maximum Gasteiger partial charge on any atom is 0.283 e. The topological polar surface area (TPSA) is 94.7 Å². The van der Waals surface area contributed by atoms with Gasteiger partial charge in [-0.05, 0) is 41.8 Å². The molecule has 4 rings (SSSR count). The van der Waals surface area contributed by atoms with Crippen molar-refractivity contribution >= 4 is 22.8 Å².